The Balaban J connectivity index is 1.50. The Hall–Kier alpha value is -2.95. The molecule has 37 heavy (non-hydrogen) atoms. The van der Waals surface area contributed by atoms with E-state index in [9.17, 15) is 9.90 Å². The monoisotopic (exact) mass is 524 g/mol. The molecule has 3 aromatic rings. The summed E-state index contributed by atoms with van der Waals surface area (Å²) in [7, 11) is 0.382. The van der Waals surface area contributed by atoms with Crippen LogP contribution in [0.15, 0.2) is 30.6 Å². The van der Waals surface area contributed by atoms with Gasteiger partial charge in [-0.1, -0.05) is 19.6 Å². The fourth-order valence-corrected chi connectivity index (χ4v) is 5.11. The number of hydrogen-bond acceptors (Lipinski definition) is 7. The number of ether oxygens (including phenoxy) is 3. The number of aliphatic hydroxyl groups is 1. The summed E-state index contributed by atoms with van der Waals surface area (Å²) in [5.74, 6) is 1.47. The van der Waals surface area contributed by atoms with Crippen LogP contribution in [0.2, 0.25) is 25.7 Å². The minimum absolute atomic E-state index is 0.0315. The quantitative estimate of drug-likeness (QED) is 0.265. The zero-order valence-corrected chi connectivity index (χ0v) is 23.0. The first-order valence-corrected chi connectivity index (χ1v) is 16.7. The second-order valence-electron chi connectivity index (χ2n) is 11.2. The van der Waals surface area contributed by atoms with Gasteiger partial charge in [-0.15, -0.1) is 0 Å². The second-order valence-corrected chi connectivity index (χ2v) is 16.8. The molecule has 10 heteroatoms. The second kappa shape index (κ2) is 10.4. The van der Waals surface area contributed by atoms with Gasteiger partial charge in [0.15, 0.2) is 0 Å². The lowest BCUT2D eigenvalue weighted by molar-refractivity contribution is -0.117. The van der Waals surface area contributed by atoms with Crippen LogP contribution in [0.5, 0.6) is 11.6 Å². The molecule has 2 aliphatic carbocycles. The standard InChI is InChI=1S/C27H36N4O5Si/c1-34-27-24(22(9-10-28-27)36-18-5-6-18)21-14-31(16-35-11-12-37(2,3)4)25-19(21)7-8-23(29-25)30-26(33)20-13-17(20)15-32/h7-10,14,17-18,20,32H,5-6,11-13,15-16H2,1-4H3,(H,29,30,33)/t17-,20+/m0/s1. The Morgan fingerprint density at radius 2 is 2.05 bits per heavy atom. The highest BCUT2D eigenvalue weighted by molar-refractivity contribution is 6.76. The van der Waals surface area contributed by atoms with Crippen molar-refractivity contribution < 1.29 is 24.1 Å². The Morgan fingerprint density at radius 1 is 1.24 bits per heavy atom. The van der Waals surface area contributed by atoms with Crippen LogP contribution in [0.3, 0.4) is 0 Å². The maximum Gasteiger partial charge on any atom is 0.229 e. The Bertz CT molecular complexity index is 1280. The van der Waals surface area contributed by atoms with E-state index in [0.717, 1.165) is 41.1 Å². The maximum atomic E-state index is 12.6. The topological polar surface area (TPSA) is 108 Å². The van der Waals surface area contributed by atoms with Crippen LogP contribution in [0, 0.1) is 11.8 Å². The van der Waals surface area contributed by atoms with Gasteiger partial charge in [-0.25, -0.2) is 9.97 Å². The summed E-state index contributed by atoms with van der Waals surface area (Å²) in [4.78, 5) is 21.8. The molecule has 0 radical (unpaired) electrons. The van der Waals surface area contributed by atoms with E-state index in [1.165, 1.54) is 0 Å². The largest absolute Gasteiger partial charge is 0.490 e. The summed E-state index contributed by atoms with van der Waals surface area (Å²) in [6.45, 7) is 8.03. The molecule has 0 saturated heterocycles. The predicted molar refractivity (Wildman–Crippen MR) is 145 cm³/mol. The fourth-order valence-electron chi connectivity index (χ4n) is 4.35. The average molecular weight is 525 g/mol. The third kappa shape index (κ3) is 5.97. The van der Waals surface area contributed by atoms with Crippen molar-refractivity contribution in [1.82, 2.24) is 14.5 Å². The van der Waals surface area contributed by atoms with Crippen molar-refractivity contribution in [3.05, 3.63) is 30.6 Å². The van der Waals surface area contributed by atoms with Gasteiger partial charge in [-0.3, -0.25) is 4.79 Å². The molecule has 0 spiro atoms. The summed E-state index contributed by atoms with van der Waals surface area (Å²) in [6, 6.07) is 6.70. The number of pyridine rings is 2. The molecule has 3 heterocycles. The molecule has 1 amide bonds. The van der Waals surface area contributed by atoms with Gasteiger partial charge < -0.3 is 29.2 Å². The molecule has 0 unspecified atom stereocenters. The summed E-state index contributed by atoms with van der Waals surface area (Å²) in [6.07, 6.45) is 6.70. The minimum atomic E-state index is -1.22. The lowest BCUT2D eigenvalue weighted by Gasteiger charge is -2.15. The van der Waals surface area contributed by atoms with E-state index < -0.39 is 8.07 Å². The number of amides is 1. The number of rotatable bonds is 12. The molecule has 198 valence electrons. The molecule has 2 saturated carbocycles. The molecule has 5 rings (SSSR count). The number of anilines is 1. The molecule has 2 atom stereocenters. The lowest BCUT2D eigenvalue weighted by Crippen LogP contribution is -2.22. The molecule has 9 nitrogen and oxygen atoms in total. The highest BCUT2D eigenvalue weighted by Gasteiger charge is 2.42. The summed E-state index contributed by atoms with van der Waals surface area (Å²) >= 11 is 0. The van der Waals surface area contributed by atoms with Crippen molar-refractivity contribution in [2.45, 2.75) is 57.8 Å². The molecule has 2 fully saturated rings. The number of nitrogens with zero attached hydrogens (tertiary/aromatic N) is 3. The van der Waals surface area contributed by atoms with Crippen LogP contribution in [-0.2, 0) is 16.3 Å². The number of carbonyl (C=O) groups excluding carboxylic acids is 1. The third-order valence-electron chi connectivity index (χ3n) is 6.85. The first kappa shape index (κ1) is 25.7. The normalized spacial score (nSPS) is 19.2. The van der Waals surface area contributed by atoms with Crippen molar-refractivity contribution >= 4 is 30.8 Å². The first-order valence-electron chi connectivity index (χ1n) is 13.0. The highest BCUT2D eigenvalue weighted by Crippen LogP contribution is 2.43. The van der Waals surface area contributed by atoms with Crippen molar-refractivity contribution in [3.8, 4) is 22.8 Å². The molecule has 2 N–H and O–H groups in total. The molecule has 0 aromatic carbocycles. The van der Waals surface area contributed by atoms with E-state index >= 15 is 0 Å². The van der Waals surface area contributed by atoms with Gasteiger partial charge in [-0.05, 0) is 49.4 Å². The highest BCUT2D eigenvalue weighted by atomic mass is 28.3. The SMILES string of the molecule is COc1nccc(OC2CC2)c1-c1cn(COCC[Si](C)(C)C)c2nc(NC(=O)[C@@H]3C[C@H]3CO)ccc12. The number of aliphatic hydroxyl groups excluding tert-OH is 1. The minimum Gasteiger partial charge on any atom is -0.490 e. The van der Waals surface area contributed by atoms with Crippen LogP contribution in [0.4, 0.5) is 5.82 Å². The molecule has 3 aromatic heterocycles. The van der Waals surface area contributed by atoms with Gasteiger partial charge in [0.05, 0.1) is 18.8 Å². The van der Waals surface area contributed by atoms with Crippen molar-refractivity contribution in [3.63, 3.8) is 0 Å². The summed E-state index contributed by atoms with van der Waals surface area (Å²) in [5.41, 5.74) is 2.36. The smallest absolute Gasteiger partial charge is 0.229 e. The maximum absolute atomic E-state index is 12.6. The zero-order chi connectivity index (χ0) is 26.2. The Morgan fingerprint density at radius 3 is 2.73 bits per heavy atom. The van der Waals surface area contributed by atoms with Crippen molar-refractivity contribution in [2.75, 3.05) is 25.6 Å². The number of hydrogen-bond donors (Lipinski definition) is 2. The Labute approximate surface area is 218 Å². The van der Waals surface area contributed by atoms with E-state index in [0.29, 0.717) is 37.1 Å². The zero-order valence-electron chi connectivity index (χ0n) is 22.0. The molecule has 2 aliphatic rings. The van der Waals surface area contributed by atoms with Crippen LogP contribution in [0.1, 0.15) is 19.3 Å². The number of carbonyl (C=O) groups is 1. The molecular formula is C27H36N4O5Si. The third-order valence-corrected chi connectivity index (χ3v) is 8.56. The number of fused-ring (bicyclic) bond motifs is 1. The molecule has 0 aliphatic heterocycles. The summed E-state index contributed by atoms with van der Waals surface area (Å²) in [5, 5.41) is 13.1. The molecular weight excluding hydrogens is 488 g/mol. The van der Waals surface area contributed by atoms with Crippen LogP contribution in [-0.4, -0.2) is 60.1 Å². The van der Waals surface area contributed by atoms with Gasteiger partial charge in [0.25, 0.3) is 0 Å². The van der Waals surface area contributed by atoms with Crippen molar-refractivity contribution in [1.29, 1.82) is 0 Å². The van der Waals surface area contributed by atoms with Gasteiger partial charge in [-0.2, -0.15) is 0 Å². The van der Waals surface area contributed by atoms with Gasteiger partial charge in [0.2, 0.25) is 11.8 Å². The van der Waals surface area contributed by atoms with Gasteiger partial charge >= 0.3 is 0 Å². The number of aromatic nitrogens is 3. The van der Waals surface area contributed by atoms with E-state index in [2.05, 4.69) is 29.9 Å². The number of methoxy groups -OCH3 is 1. The van der Waals surface area contributed by atoms with Crippen molar-refractivity contribution in [2.24, 2.45) is 11.8 Å². The Kier molecular flexibility index (Phi) is 7.24. The van der Waals surface area contributed by atoms with E-state index in [-0.39, 0.29) is 30.5 Å². The predicted octanol–water partition coefficient (Wildman–Crippen LogP) is 4.53. The molecule has 0 bridgehead atoms. The van der Waals surface area contributed by atoms with E-state index in [1.807, 2.05) is 22.9 Å². The van der Waals surface area contributed by atoms with Crippen LogP contribution in [0.25, 0.3) is 22.2 Å². The summed E-state index contributed by atoms with van der Waals surface area (Å²) < 4.78 is 19.9. The van der Waals surface area contributed by atoms with Gasteiger partial charge in [0.1, 0.15) is 23.9 Å². The van der Waals surface area contributed by atoms with E-state index in [1.54, 1.807) is 19.4 Å². The lowest BCUT2D eigenvalue weighted by atomic mass is 10.1. The van der Waals surface area contributed by atoms with E-state index in [4.69, 9.17) is 19.2 Å². The first-order chi connectivity index (χ1) is 17.8. The average Bonchev–Trinajstić information content (AvgIpc) is 3.79. The van der Waals surface area contributed by atoms with Crippen LogP contribution < -0.4 is 14.8 Å². The number of nitrogens with one attached hydrogen (secondary N) is 1. The van der Waals surface area contributed by atoms with Crippen LogP contribution >= 0.6 is 0 Å². The fraction of sp³-hybridized carbons (Fsp3) is 0.519. The van der Waals surface area contributed by atoms with Gasteiger partial charge in [0, 0.05) is 50.5 Å².